The van der Waals surface area contributed by atoms with E-state index in [-0.39, 0.29) is 41.9 Å². The Morgan fingerprint density at radius 3 is 2.11 bits per heavy atom. The molecule has 0 spiro atoms. The van der Waals surface area contributed by atoms with Crippen molar-refractivity contribution in [1.82, 2.24) is 5.32 Å². The Labute approximate surface area is 211 Å². The Hall–Kier alpha value is -2.96. The number of amides is 1. The molecule has 4 rings (SSSR count). The number of rotatable bonds is 7. The van der Waals surface area contributed by atoms with Crippen molar-refractivity contribution in [2.45, 2.75) is 64.5 Å². The molecule has 1 aliphatic rings. The number of anilines is 1. The minimum absolute atomic E-state index is 0.0879. The lowest BCUT2D eigenvalue weighted by atomic mass is 9.81. The second-order valence-electron chi connectivity index (χ2n) is 10.3. The van der Waals surface area contributed by atoms with Crippen LogP contribution >= 0.6 is 11.3 Å². The summed E-state index contributed by atoms with van der Waals surface area (Å²) >= 11 is 1.48. The van der Waals surface area contributed by atoms with E-state index >= 15 is 0 Å². The van der Waals surface area contributed by atoms with Crippen molar-refractivity contribution in [3.05, 3.63) is 87.8 Å². The highest BCUT2D eigenvalue weighted by molar-refractivity contribution is 7.17. The maximum Gasteiger partial charge on any atom is 0.341 e. The van der Waals surface area contributed by atoms with E-state index in [4.69, 9.17) is 4.74 Å². The molecule has 3 aromatic rings. The number of thiophene rings is 1. The highest BCUT2D eigenvalue weighted by atomic mass is 32.1. The minimum Gasteiger partial charge on any atom is -0.462 e. The van der Waals surface area contributed by atoms with Gasteiger partial charge in [0.1, 0.15) is 5.00 Å². The van der Waals surface area contributed by atoms with Gasteiger partial charge in [-0.3, -0.25) is 4.79 Å². The number of ether oxygens (including phenoxy) is 1. The van der Waals surface area contributed by atoms with Gasteiger partial charge in [0.25, 0.3) is 0 Å². The first kappa shape index (κ1) is 25.1. The van der Waals surface area contributed by atoms with Crippen LogP contribution in [0.4, 0.5) is 5.00 Å². The molecular formula is C29H34N2O3S. The van der Waals surface area contributed by atoms with Crippen LogP contribution < -0.4 is 10.6 Å². The molecule has 2 heterocycles. The van der Waals surface area contributed by atoms with Crippen molar-refractivity contribution in [2.24, 2.45) is 0 Å². The van der Waals surface area contributed by atoms with Gasteiger partial charge >= 0.3 is 5.97 Å². The second kappa shape index (κ2) is 9.96. The third-order valence-corrected chi connectivity index (χ3v) is 7.84. The summed E-state index contributed by atoms with van der Waals surface area (Å²) in [6.45, 7) is 10.6. The van der Waals surface area contributed by atoms with Crippen LogP contribution in [0.5, 0.6) is 0 Å². The quantitative estimate of drug-likeness (QED) is 0.385. The first-order chi connectivity index (χ1) is 16.6. The van der Waals surface area contributed by atoms with E-state index in [2.05, 4.69) is 62.6 Å². The first-order valence-electron chi connectivity index (χ1n) is 12.1. The van der Waals surface area contributed by atoms with Gasteiger partial charge in [-0.15, -0.1) is 11.3 Å². The molecule has 0 saturated heterocycles. The van der Waals surface area contributed by atoms with Gasteiger partial charge in [0.2, 0.25) is 5.91 Å². The van der Waals surface area contributed by atoms with Crippen molar-refractivity contribution in [3.8, 4) is 0 Å². The molecule has 0 radical (unpaired) electrons. The Morgan fingerprint density at radius 1 is 1.00 bits per heavy atom. The van der Waals surface area contributed by atoms with Gasteiger partial charge in [-0.2, -0.15) is 0 Å². The number of benzene rings is 2. The lowest BCUT2D eigenvalue weighted by molar-refractivity contribution is -0.116. The van der Waals surface area contributed by atoms with Gasteiger partial charge in [-0.05, 0) is 57.7 Å². The molecular weight excluding hydrogens is 456 g/mol. The van der Waals surface area contributed by atoms with Gasteiger partial charge in [-0.25, -0.2) is 4.79 Å². The van der Waals surface area contributed by atoms with E-state index in [1.165, 1.54) is 11.3 Å². The average molecular weight is 491 g/mol. The molecule has 6 heteroatoms. The molecule has 1 amide bonds. The number of carbonyl (C=O) groups excluding carboxylic acids is 2. The third-order valence-electron chi connectivity index (χ3n) is 6.37. The van der Waals surface area contributed by atoms with Crippen molar-refractivity contribution < 1.29 is 14.3 Å². The minimum atomic E-state index is -0.378. The summed E-state index contributed by atoms with van der Waals surface area (Å²) in [5.41, 5.74) is 3.11. The van der Waals surface area contributed by atoms with Crippen LogP contribution in [0.3, 0.4) is 0 Å². The lowest BCUT2D eigenvalue weighted by Gasteiger charge is -2.42. The topological polar surface area (TPSA) is 67.4 Å². The molecule has 0 unspecified atom stereocenters. The molecule has 0 bridgehead atoms. The van der Waals surface area contributed by atoms with Crippen LogP contribution in [0.25, 0.3) is 0 Å². The van der Waals surface area contributed by atoms with Gasteiger partial charge < -0.3 is 15.4 Å². The normalized spacial score (nSPS) is 15.9. The van der Waals surface area contributed by atoms with E-state index < -0.39 is 0 Å². The van der Waals surface area contributed by atoms with E-state index in [1.807, 2.05) is 36.4 Å². The summed E-state index contributed by atoms with van der Waals surface area (Å²) in [6, 6.07) is 20.1. The van der Waals surface area contributed by atoms with Crippen LogP contribution in [-0.4, -0.2) is 24.0 Å². The van der Waals surface area contributed by atoms with Gasteiger partial charge in [-0.1, -0.05) is 60.7 Å². The third kappa shape index (κ3) is 5.49. The van der Waals surface area contributed by atoms with Crippen LogP contribution in [-0.2, 0) is 21.5 Å². The molecule has 0 saturated carbocycles. The molecule has 0 fully saturated rings. The van der Waals surface area contributed by atoms with E-state index in [0.29, 0.717) is 17.0 Å². The Balaban J connectivity index is 1.68. The molecule has 5 nitrogen and oxygen atoms in total. The van der Waals surface area contributed by atoms with Gasteiger partial charge in [0.15, 0.2) is 0 Å². The maximum absolute atomic E-state index is 13.4. The molecule has 184 valence electrons. The van der Waals surface area contributed by atoms with Crippen molar-refractivity contribution in [2.75, 3.05) is 11.9 Å². The lowest BCUT2D eigenvalue weighted by Crippen LogP contribution is -2.55. The number of hydrogen-bond donors (Lipinski definition) is 2. The zero-order valence-corrected chi connectivity index (χ0v) is 21.9. The summed E-state index contributed by atoms with van der Waals surface area (Å²) < 4.78 is 5.43. The molecule has 1 aromatic heterocycles. The molecule has 0 aliphatic carbocycles. The van der Waals surface area contributed by atoms with E-state index in [1.54, 1.807) is 6.92 Å². The molecule has 2 N–H and O–H groups in total. The number of esters is 1. The van der Waals surface area contributed by atoms with Crippen molar-refractivity contribution >= 4 is 28.2 Å². The fourth-order valence-electron chi connectivity index (χ4n) is 5.20. The molecule has 2 aromatic carbocycles. The Kier molecular flexibility index (Phi) is 7.15. The predicted molar refractivity (Wildman–Crippen MR) is 142 cm³/mol. The van der Waals surface area contributed by atoms with Gasteiger partial charge in [0.05, 0.1) is 12.2 Å². The Bertz CT molecular complexity index is 1160. The van der Waals surface area contributed by atoms with Crippen LogP contribution in [0.1, 0.15) is 78.9 Å². The number of hydrogen-bond acceptors (Lipinski definition) is 5. The summed E-state index contributed by atoms with van der Waals surface area (Å²) in [5, 5.41) is 7.34. The standard InChI is InChI=1S/C29H34N2O3S/c1-6-34-27(33)24-22-18-28(2,3)31-29(4,5)25(22)35-26(24)30-23(32)17-21(19-13-9-7-10-14-19)20-15-11-8-12-16-20/h7-16,21,31H,6,17-18H2,1-5H3,(H,30,32). The predicted octanol–water partition coefficient (Wildman–Crippen LogP) is 6.24. The fraction of sp³-hybridized carbons (Fsp3) is 0.379. The number of fused-ring (bicyclic) bond motifs is 1. The molecule has 35 heavy (non-hydrogen) atoms. The summed E-state index contributed by atoms with van der Waals surface area (Å²) in [5.74, 6) is -0.594. The summed E-state index contributed by atoms with van der Waals surface area (Å²) in [4.78, 5) is 27.6. The highest BCUT2D eigenvalue weighted by Crippen LogP contribution is 2.45. The maximum atomic E-state index is 13.4. The molecule has 1 aliphatic heterocycles. The van der Waals surface area contributed by atoms with Gasteiger partial charge in [0, 0.05) is 28.3 Å². The zero-order chi connectivity index (χ0) is 25.2. The van der Waals surface area contributed by atoms with Crippen LogP contribution in [0.2, 0.25) is 0 Å². The second-order valence-corrected chi connectivity index (χ2v) is 11.3. The van der Waals surface area contributed by atoms with E-state index in [0.717, 1.165) is 21.6 Å². The van der Waals surface area contributed by atoms with Crippen LogP contribution in [0.15, 0.2) is 60.7 Å². The van der Waals surface area contributed by atoms with E-state index in [9.17, 15) is 9.59 Å². The average Bonchev–Trinajstić information content (AvgIpc) is 3.16. The molecule has 0 atom stereocenters. The fourth-order valence-corrected chi connectivity index (χ4v) is 6.48. The summed E-state index contributed by atoms with van der Waals surface area (Å²) in [7, 11) is 0. The monoisotopic (exact) mass is 490 g/mol. The number of carbonyl (C=O) groups is 2. The SMILES string of the molecule is CCOC(=O)c1c(NC(=O)CC(c2ccccc2)c2ccccc2)sc2c1CC(C)(C)NC2(C)C. The Morgan fingerprint density at radius 2 is 1.57 bits per heavy atom. The first-order valence-corrected chi connectivity index (χ1v) is 13.0. The summed E-state index contributed by atoms with van der Waals surface area (Å²) in [6.07, 6.45) is 0.953. The zero-order valence-electron chi connectivity index (χ0n) is 21.1. The van der Waals surface area contributed by atoms with Crippen molar-refractivity contribution in [1.29, 1.82) is 0 Å². The smallest absolute Gasteiger partial charge is 0.341 e. The number of nitrogens with one attached hydrogen (secondary N) is 2. The largest absolute Gasteiger partial charge is 0.462 e. The van der Waals surface area contributed by atoms with Crippen molar-refractivity contribution in [3.63, 3.8) is 0 Å². The van der Waals surface area contributed by atoms with Crippen LogP contribution in [0, 0.1) is 0 Å². The highest BCUT2D eigenvalue weighted by Gasteiger charge is 2.42.